The molecule has 1 aliphatic rings. The number of fused-ring (bicyclic) bond motifs is 2. The number of carbonyl (C=O) groups is 1. The lowest BCUT2D eigenvalue weighted by atomic mass is 10.2. The number of hydrogen-bond acceptors (Lipinski definition) is 7. The molecule has 0 unspecified atom stereocenters. The predicted molar refractivity (Wildman–Crippen MR) is 114 cm³/mol. The second-order valence-electron chi connectivity index (χ2n) is 7.02. The third-order valence-corrected chi connectivity index (χ3v) is 5.69. The minimum Gasteiger partial charge on any atom is -0.497 e. The number of thiazole rings is 1. The summed E-state index contributed by atoms with van der Waals surface area (Å²) in [4.78, 5) is 21.9. The summed E-state index contributed by atoms with van der Waals surface area (Å²) in [5, 5.41) is 0.662. The van der Waals surface area contributed by atoms with Crippen molar-refractivity contribution in [1.82, 2.24) is 9.88 Å². The molecular formula is C21H23N3O4S. The first kappa shape index (κ1) is 19.5. The molecule has 1 aliphatic heterocycles. The number of hydrogen-bond donors (Lipinski definition) is 0. The third kappa shape index (κ3) is 4.13. The van der Waals surface area contributed by atoms with Crippen LogP contribution in [0.15, 0.2) is 36.4 Å². The van der Waals surface area contributed by atoms with Gasteiger partial charge in [0.2, 0.25) is 6.79 Å². The normalized spacial score (nSPS) is 12.6. The Morgan fingerprint density at radius 2 is 1.97 bits per heavy atom. The van der Waals surface area contributed by atoms with E-state index in [4.69, 9.17) is 19.2 Å². The van der Waals surface area contributed by atoms with E-state index in [-0.39, 0.29) is 12.7 Å². The second-order valence-corrected chi connectivity index (χ2v) is 8.02. The fourth-order valence-electron chi connectivity index (χ4n) is 3.16. The van der Waals surface area contributed by atoms with Crippen LogP contribution < -0.4 is 19.1 Å². The monoisotopic (exact) mass is 413 g/mol. The number of aromatic nitrogens is 1. The minimum atomic E-state index is -0.0956. The lowest BCUT2D eigenvalue weighted by molar-refractivity contribution is 0.0985. The molecule has 152 valence electrons. The van der Waals surface area contributed by atoms with Crippen LogP contribution in [-0.2, 0) is 0 Å². The molecule has 2 heterocycles. The minimum absolute atomic E-state index is 0.0956. The van der Waals surface area contributed by atoms with Gasteiger partial charge in [-0.25, -0.2) is 4.98 Å². The van der Waals surface area contributed by atoms with Gasteiger partial charge in [0.15, 0.2) is 16.6 Å². The first-order chi connectivity index (χ1) is 14.0. The molecule has 3 aromatic rings. The Kier molecular flexibility index (Phi) is 5.55. The van der Waals surface area contributed by atoms with Crippen LogP contribution >= 0.6 is 11.3 Å². The molecule has 2 aromatic carbocycles. The number of benzene rings is 2. The zero-order valence-electron chi connectivity index (χ0n) is 16.7. The van der Waals surface area contributed by atoms with E-state index in [1.807, 2.05) is 38.4 Å². The molecule has 0 spiro atoms. The zero-order chi connectivity index (χ0) is 20.4. The maximum atomic E-state index is 13.3. The molecule has 0 saturated heterocycles. The van der Waals surface area contributed by atoms with E-state index in [2.05, 4.69) is 4.90 Å². The van der Waals surface area contributed by atoms with Crippen molar-refractivity contribution in [3.8, 4) is 17.2 Å². The molecule has 8 heteroatoms. The Bertz CT molecular complexity index is 993. The molecule has 4 rings (SSSR count). The van der Waals surface area contributed by atoms with Crippen LogP contribution in [0.2, 0.25) is 0 Å². The molecule has 7 nitrogen and oxygen atoms in total. The number of anilines is 1. The van der Waals surface area contributed by atoms with Crippen molar-refractivity contribution in [2.75, 3.05) is 46.0 Å². The first-order valence-corrected chi connectivity index (χ1v) is 10.2. The second kappa shape index (κ2) is 8.26. The van der Waals surface area contributed by atoms with Crippen molar-refractivity contribution >= 4 is 32.6 Å². The van der Waals surface area contributed by atoms with Crippen molar-refractivity contribution < 1.29 is 19.0 Å². The summed E-state index contributed by atoms with van der Waals surface area (Å²) in [6.45, 7) is 1.67. The maximum Gasteiger partial charge on any atom is 0.260 e. The van der Waals surface area contributed by atoms with Gasteiger partial charge in [0, 0.05) is 24.2 Å². The van der Waals surface area contributed by atoms with Crippen LogP contribution in [0.1, 0.15) is 16.8 Å². The third-order valence-electron chi connectivity index (χ3n) is 4.65. The van der Waals surface area contributed by atoms with Gasteiger partial charge in [-0.05, 0) is 45.3 Å². The fourth-order valence-corrected chi connectivity index (χ4v) is 4.16. The summed E-state index contributed by atoms with van der Waals surface area (Å²) in [5.41, 5.74) is 1.37. The lowest BCUT2D eigenvalue weighted by Crippen LogP contribution is -2.33. The van der Waals surface area contributed by atoms with E-state index < -0.39 is 0 Å². The average molecular weight is 413 g/mol. The molecule has 0 atom stereocenters. The summed E-state index contributed by atoms with van der Waals surface area (Å²) in [5.74, 6) is 1.96. The van der Waals surface area contributed by atoms with E-state index in [0.717, 1.165) is 23.2 Å². The number of amides is 1. The molecule has 1 amide bonds. The summed E-state index contributed by atoms with van der Waals surface area (Å²) in [6, 6.07) is 11.0. The SMILES string of the molecule is COc1cccc(C(=O)N(CCCN(C)C)c2nc3cc4c(cc3s2)OCO4)c1. The molecule has 0 N–H and O–H groups in total. The summed E-state index contributed by atoms with van der Waals surface area (Å²) in [7, 11) is 5.64. The number of rotatable bonds is 7. The van der Waals surface area contributed by atoms with Crippen molar-refractivity contribution in [1.29, 1.82) is 0 Å². The van der Waals surface area contributed by atoms with Gasteiger partial charge in [-0.3, -0.25) is 9.69 Å². The highest BCUT2D eigenvalue weighted by atomic mass is 32.1. The Labute approximate surface area is 173 Å². The van der Waals surface area contributed by atoms with Crippen LogP contribution in [0.25, 0.3) is 10.2 Å². The first-order valence-electron chi connectivity index (χ1n) is 9.36. The smallest absolute Gasteiger partial charge is 0.260 e. The van der Waals surface area contributed by atoms with E-state index in [9.17, 15) is 4.79 Å². The molecule has 0 radical (unpaired) electrons. The van der Waals surface area contributed by atoms with Gasteiger partial charge in [0.05, 0.1) is 17.3 Å². The van der Waals surface area contributed by atoms with Crippen LogP contribution in [0, 0.1) is 0 Å². The molecule has 1 aromatic heterocycles. The predicted octanol–water partition coefficient (Wildman–Crippen LogP) is 3.63. The van der Waals surface area contributed by atoms with Crippen LogP contribution in [0.3, 0.4) is 0 Å². The quantitative estimate of drug-likeness (QED) is 0.589. The number of nitrogens with zero attached hydrogens (tertiary/aromatic N) is 3. The Morgan fingerprint density at radius 1 is 1.17 bits per heavy atom. The van der Waals surface area contributed by atoms with Crippen molar-refractivity contribution in [3.63, 3.8) is 0 Å². The van der Waals surface area contributed by atoms with Gasteiger partial charge < -0.3 is 19.1 Å². The number of ether oxygens (including phenoxy) is 3. The van der Waals surface area contributed by atoms with Crippen molar-refractivity contribution in [3.05, 3.63) is 42.0 Å². The summed E-state index contributed by atoms with van der Waals surface area (Å²) in [6.07, 6.45) is 0.835. The average Bonchev–Trinajstić information content (AvgIpc) is 3.34. The highest BCUT2D eigenvalue weighted by Crippen LogP contribution is 2.40. The standard InChI is InChI=1S/C21H23N3O4S/c1-23(2)8-5-9-24(20(25)14-6-4-7-15(10-14)26-3)21-22-16-11-17-18(28-13-27-17)12-19(16)29-21/h4,6-7,10-12H,5,8-9,13H2,1-3H3. The molecule has 0 bridgehead atoms. The molecule has 0 fully saturated rings. The topological polar surface area (TPSA) is 64.1 Å². The maximum absolute atomic E-state index is 13.3. The Morgan fingerprint density at radius 3 is 2.72 bits per heavy atom. The number of carbonyl (C=O) groups excluding carboxylic acids is 1. The Hall–Kier alpha value is -2.84. The van der Waals surface area contributed by atoms with Gasteiger partial charge in [0.1, 0.15) is 5.75 Å². The van der Waals surface area contributed by atoms with E-state index in [1.165, 1.54) is 11.3 Å². The van der Waals surface area contributed by atoms with Gasteiger partial charge in [-0.1, -0.05) is 17.4 Å². The van der Waals surface area contributed by atoms with Gasteiger partial charge in [-0.2, -0.15) is 0 Å². The Balaban J connectivity index is 1.67. The molecule has 29 heavy (non-hydrogen) atoms. The summed E-state index contributed by atoms with van der Waals surface area (Å²) >= 11 is 1.48. The summed E-state index contributed by atoms with van der Waals surface area (Å²) < 4.78 is 17.2. The lowest BCUT2D eigenvalue weighted by Gasteiger charge is -2.21. The zero-order valence-corrected chi connectivity index (χ0v) is 17.5. The molecule has 0 aliphatic carbocycles. The van der Waals surface area contributed by atoms with Crippen LogP contribution in [0.5, 0.6) is 17.2 Å². The highest BCUT2D eigenvalue weighted by Gasteiger charge is 2.23. The van der Waals surface area contributed by atoms with E-state index in [0.29, 0.717) is 34.5 Å². The fraction of sp³-hybridized carbons (Fsp3) is 0.333. The van der Waals surface area contributed by atoms with Crippen molar-refractivity contribution in [2.45, 2.75) is 6.42 Å². The van der Waals surface area contributed by atoms with Gasteiger partial charge in [-0.15, -0.1) is 0 Å². The van der Waals surface area contributed by atoms with Gasteiger partial charge >= 0.3 is 0 Å². The van der Waals surface area contributed by atoms with Gasteiger partial charge in [0.25, 0.3) is 5.91 Å². The molecular weight excluding hydrogens is 390 g/mol. The molecule has 0 saturated carbocycles. The largest absolute Gasteiger partial charge is 0.497 e. The van der Waals surface area contributed by atoms with E-state index >= 15 is 0 Å². The highest BCUT2D eigenvalue weighted by molar-refractivity contribution is 7.22. The van der Waals surface area contributed by atoms with Crippen LogP contribution in [0.4, 0.5) is 5.13 Å². The van der Waals surface area contributed by atoms with E-state index in [1.54, 1.807) is 24.1 Å². The number of methoxy groups -OCH3 is 1. The van der Waals surface area contributed by atoms with Crippen molar-refractivity contribution in [2.24, 2.45) is 0 Å². The van der Waals surface area contributed by atoms with Crippen LogP contribution in [-0.4, -0.2) is 56.9 Å².